The molecule has 0 bridgehead atoms. The number of anilines is 1. The molecular weight excluding hydrogens is 222 g/mol. The van der Waals surface area contributed by atoms with Crippen molar-refractivity contribution in [3.05, 3.63) is 60.2 Å². The summed E-state index contributed by atoms with van der Waals surface area (Å²) >= 11 is 0. The fourth-order valence-corrected chi connectivity index (χ4v) is 2.35. The molecule has 0 spiro atoms. The third-order valence-corrected chi connectivity index (χ3v) is 3.52. The van der Waals surface area contributed by atoms with Gasteiger partial charge in [0, 0.05) is 5.92 Å². The summed E-state index contributed by atoms with van der Waals surface area (Å²) in [5.74, 6) is 2.10. The highest BCUT2D eigenvalue weighted by atomic mass is 16.5. The minimum Gasteiger partial charge on any atom is -0.491 e. The first-order valence-corrected chi connectivity index (χ1v) is 6.37. The fraction of sp³-hybridized carbons (Fsp3) is 0.250. The summed E-state index contributed by atoms with van der Waals surface area (Å²) < 4.78 is 5.79. The molecule has 0 aliphatic heterocycles. The van der Waals surface area contributed by atoms with Crippen LogP contribution in [0.5, 0.6) is 5.75 Å². The van der Waals surface area contributed by atoms with Gasteiger partial charge in [0.1, 0.15) is 5.75 Å². The summed E-state index contributed by atoms with van der Waals surface area (Å²) in [6, 6.07) is 18.3. The summed E-state index contributed by atoms with van der Waals surface area (Å²) in [4.78, 5) is 0. The molecule has 1 saturated carbocycles. The van der Waals surface area contributed by atoms with E-state index in [1.54, 1.807) is 0 Å². The van der Waals surface area contributed by atoms with Crippen LogP contribution in [0.3, 0.4) is 0 Å². The predicted octanol–water partition coefficient (Wildman–Crippen LogP) is 3.45. The standard InChI is InChI=1S/C16H17NO/c17-15-8-4-5-9-16(15)18-11-13-10-14(13)12-6-2-1-3-7-12/h1-9,13-14H,10-11,17H2/t13-,14+/m0/s1. The first kappa shape index (κ1) is 11.1. The van der Waals surface area contributed by atoms with Crippen molar-refractivity contribution in [3.63, 3.8) is 0 Å². The van der Waals surface area contributed by atoms with Crippen LogP contribution in [0.25, 0.3) is 0 Å². The molecule has 0 saturated heterocycles. The van der Waals surface area contributed by atoms with E-state index in [2.05, 4.69) is 30.3 Å². The van der Waals surface area contributed by atoms with Crippen LogP contribution in [0, 0.1) is 5.92 Å². The van der Waals surface area contributed by atoms with Crippen LogP contribution in [0.4, 0.5) is 5.69 Å². The zero-order valence-electron chi connectivity index (χ0n) is 10.3. The van der Waals surface area contributed by atoms with Crippen molar-refractivity contribution in [1.82, 2.24) is 0 Å². The number of nitrogens with two attached hydrogens (primary N) is 1. The van der Waals surface area contributed by atoms with Gasteiger partial charge in [0.05, 0.1) is 12.3 Å². The maximum Gasteiger partial charge on any atom is 0.142 e. The zero-order valence-corrected chi connectivity index (χ0v) is 10.3. The molecule has 3 rings (SSSR count). The largest absolute Gasteiger partial charge is 0.491 e. The maximum absolute atomic E-state index is 5.85. The Hall–Kier alpha value is -1.96. The summed E-state index contributed by atoms with van der Waals surface area (Å²) in [5.41, 5.74) is 7.99. The molecule has 0 amide bonds. The van der Waals surface area contributed by atoms with Crippen LogP contribution in [0.1, 0.15) is 17.9 Å². The lowest BCUT2D eigenvalue weighted by atomic mass is 10.1. The first-order chi connectivity index (χ1) is 8.84. The molecule has 1 aliphatic carbocycles. The summed E-state index contributed by atoms with van der Waals surface area (Å²) in [5, 5.41) is 0. The van der Waals surface area contributed by atoms with Crippen LogP contribution in [0.2, 0.25) is 0 Å². The number of nitrogen functional groups attached to an aromatic ring is 1. The number of ether oxygens (including phenoxy) is 1. The average Bonchev–Trinajstić information content (AvgIpc) is 3.18. The van der Waals surface area contributed by atoms with Gasteiger partial charge in [-0.2, -0.15) is 0 Å². The van der Waals surface area contributed by atoms with Crippen molar-refractivity contribution < 1.29 is 4.74 Å². The van der Waals surface area contributed by atoms with Gasteiger partial charge in [0.15, 0.2) is 0 Å². The zero-order chi connectivity index (χ0) is 12.4. The van der Waals surface area contributed by atoms with E-state index >= 15 is 0 Å². The Morgan fingerprint density at radius 1 is 1.00 bits per heavy atom. The van der Waals surface area contributed by atoms with Crippen molar-refractivity contribution in [3.8, 4) is 5.75 Å². The second-order valence-corrected chi connectivity index (χ2v) is 4.86. The minimum absolute atomic E-state index is 0.631. The van der Waals surface area contributed by atoms with Crippen LogP contribution in [0.15, 0.2) is 54.6 Å². The number of benzene rings is 2. The number of hydrogen-bond donors (Lipinski definition) is 1. The molecule has 18 heavy (non-hydrogen) atoms. The SMILES string of the molecule is Nc1ccccc1OC[C@@H]1C[C@@H]1c1ccccc1. The van der Waals surface area contributed by atoms with Gasteiger partial charge in [0.2, 0.25) is 0 Å². The maximum atomic E-state index is 5.85. The van der Waals surface area contributed by atoms with Crippen molar-refractivity contribution in [2.75, 3.05) is 12.3 Å². The van der Waals surface area contributed by atoms with Crippen molar-refractivity contribution in [2.45, 2.75) is 12.3 Å². The molecular formula is C16H17NO. The quantitative estimate of drug-likeness (QED) is 0.829. The number of para-hydroxylation sites is 2. The van der Waals surface area contributed by atoms with E-state index in [1.807, 2.05) is 24.3 Å². The summed E-state index contributed by atoms with van der Waals surface area (Å²) in [6.07, 6.45) is 1.22. The molecule has 0 unspecified atom stereocenters. The van der Waals surface area contributed by atoms with Crippen molar-refractivity contribution in [2.24, 2.45) is 5.92 Å². The van der Waals surface area contributed by atoms with Gasteiger partial charge in [0.25, 0.3) is 0 Å². The second kappa shape index (κ2) is 4.73. The molecule has 0 radical (unpaired) electrons. The molecule has 2 aromatic carbocycles. The Balaban J connectivity index is 1.56. The van der Waals surface area contributed by atoms with Gasteiger partial charge in [-0.25, -0.2) is 0 Å². The van der Waals surface area contributed by atoms with Crippen molar-refractivity contribution in [1.29, 1.82) is 0 Å². The van der Waals surface area contributed by atoms with Crippen LogP contribution in [-0.2, 0) is 0 Å². The monoisotopic (exact) mass is 239 g/mol. The molecule has 1 aliphatic rings. The Kier molecular flexibility index (Phi) is 2.93. The van der Waals surface area contributed by atoms with E-state index < -0.39 is 0 Å². The Morgan fingerprint density at radius 2 is 1.72 bits per heavy atom. The molecule has 1 fully saturated rings. The van der Waals surface area contributed by atoms with E-state index in [1.165, 1.54) is 12.0 Å². The van der Waals surface area contributed by atoms with Crippen LogP contribution < -0.4 is 10.5 Å². The molecule has 2 nitrogen and oxygen atoms in total. The molecule has 2 atom stereocenters. The first-order valence-electron chi connectivity index (χ1n) is 6.37. The Labute approximate surface area is 107 Å². The topological polar surface area (TPSA) is 35.2 Å². The van der Waals surface area contributed by atoms with Crippen LogP contribution >= 0.6 is 0 Å². The normalized spacial score (nSPS) is 21.6. The highest BCUT2D eigenvalue weighted by molar-refractivity contribution is 5.51. The highest BCUT2D eigenvalue weighted by Gasteiger charge is 2.38. The molecule has 2 aromatic rings. The van der Waals surface area contributed by atoms with Gasteiger partial charge in [-0.05, 0) is 30.0 Å². The van der Waals surface area contributed by atoms with Gasteiger partial charge in [-0.15, -0.1) is 0 Å². The lowest BCUT2D eigenvalue weighted by molar-refractivity contribution is 0.298. The Bertz CT molecular complexity index is 524. The van der Waals surface area contributed by atoms with E-state index in [0.717, 1.165) is 18.0 Å². The van der Waals surface area contributed by atoms with Gasteiger partial charge < -0.3 is 10.5 Å². The van der Waals surface area contributed by atoms with E-state index in [4.69, 9.17) is 10.5 Å². The van der Waals surface area contributed by atoms with E-state index in [-0.39, 0.29) is 0 Å². The molecule has 2 N–H and O–H groups in total. The Morgan fingerprint density at radius 3 is 2.50 bits per heavy atom. The second-order valence-electron chi connectivity index (χ2n) is 4.86. The average molecular weight is 239 g/mol. The van der Waals surface area contributed by atoms with Gasteiger partial charge in [-0.1, -0.05) is 42.5 Å². The molecule has 2 heteroatoms. The number of hydrogen-bond acceptors (Lipinski definition) is 2. The third-order valence-electron chi connectivity index (χ3n) is 3.52. The van der Waals surface area contributed by atoms with E-state index in [0.29, 0.717) is 11.8 Å². The minimum atomic E-state index is 0.631. The van der Waals surface area contributed by atoms with Gasteiger partial charge >= 0.3 is 0 Å². The lowest BCUT2D eigenvalue weighted by Gasteiger charge is -2.08. The number of rotatable bonds is 4. The lowest BCUT2D eigenvalue weighted by Crippen LogP contribution is -2.02. The fourth-order valence-electron chi connectivity index (χ4n) is 2.35. The summed E-state index contributed by atoms with van der Waals surface area (Å²) in [7, 11) is 0. The van der Waals surface area contributed by atoms with E-state index in [9.17, 15) is 0 Å². The smallest absolute Gasteiger partial charge is 0.142 e. The van der Waals surface area contributed by atoms with Crippen molar-refractivity contribution >= 4 is 5.69 Å². The third kappa shape index (κ3) is 2.33. The predicted molar refractivity (Wildman–Crippen MR) is 73.6 cm³/mol. The van der Waals surface area contributed by atoms with Crippen LogP contribution in [-0.4, -0.2) is 6.61 Å². The molecule has 0 heterocycles. The summed E-state index contributed by atoms with van der Waals surface area (Å²) in [6.45, 7) is 0.758. The highest BCUT2D eigenvalue weighted by Crippen LogP contribution is 2.47. The molecule has 0 aromatic heterocycles. The van der Waals surface area contributed by atoms with Gasteiger partial charge in [-0.3, -0.25) is 0 Å². The molecule has 92 valence electrons.